The van der Waals surface area contributed by atoms with Crippen molar-refractivity contribution in [3.8, 4) is 11.4 Å². The Morgan fingerprint density at radius 1 is 1.23 bits per heavy atom. The Kier molecular flexibility index (Phi) is 6.19. The van der Waals surface area contributed by atoms with Gasteiger partial charge in [0.1, 0.15) is 11.6 Å². The highest BCUT2D eigenvalue weighted by Crippen LogP contribution is 2.60. The molecule has 0 unspecified atom stereocenters. The molecule has 0 radical (unpaired) electrons. The van der Waals surface area contributed by atoms with Crippen LogP contribution in [-0.4, -0.2) is 36.1 Å². The monoisotopic (exact) mass is 377 g/mol. The van der Waals surface area contributed by atoms with Crippen LogP contribution in [0.25, 0.3) is 5.69 Å². The standard InChI is InChI=1S/C12H16N3O3PS3/c1-16-10-6-4-9(5-7-10)15-11(13-14-12(15)20)8-22-19(21,17-2)18-3/h4-7H,8H2,1-3H3,(H,14,20). The van der Waals surface area contributed by atoms with Crippen LogP contribution in [0, 0.1) is 4.77 Å². The molecule has 1 N–H and O–H groups in total. The lowest BCUT2D eigenvalue weighted by molar-refractivity contribution is 0.354. The number of methoxy groups -OCH3 is 1. The number of aromatic nitrogens is 3. The molecule has 120 valence electrons. The molecule has 10 heteroatoms. The Morgan fingerprint density at radius 3 is 2.41 bits per heavy atom. The van der Waals surface area contributed by atoms with Gasteiger partial charge >= 0.3 is 0 Å². The summed E-state index contributed by atoms with van der Waals surface area (Å²) in [6.07, 6.45) is 0. The minimum atomic E-state index is -2.33. The van der Waals surface area contributed by atoms with Crippen LogP contribution in [0.1, 0.15) is 5.82 Å². The molecule has 0 saturated carbocycles. The number of nitrogens with zero attached hydrogens (tertiary/aromatic N) is 2. The summed E-state index contributed by atoms with van der Waals surface area (Å²) in [4.78, 5) is 0. The molecule has 0 saturated heterocycles. The number of ether oxygens (including phenoxy) is 1. The van der Waals surface area contributed by atoms with E-state index in [9.17, 15) is 0 Å². The third-order valence-corrected chi connectivity index (χ3v) is 8.82. The molecule has 22 heavy (non-hydrogen) atoms. The van der Waals surface area contributed by atoms with Gasteiger partial charge in [0, 0.05) is 19.9 Å². The molecule has 0 aliphatic heterocycles. The maximum atomic E-state index is 5.34. The molecule has 1 heterocycles. The maximum absolute atomic E-state index is 5.34. The largest absolute Gasteiger partial charge is 0.497 e. The Hall–Kier alpha value is -0.700. The van der Waals surface area contributed by atoms with Crippen molar-refractivity contribution in [2.24, 2.45) is 0 Å². The fourth-order valence-electron chi connectivity index (χ4n) is 1.74. The zero-order valence-corrected chi connectivity index (χ0v) is 15.7. The van der Waals surface area contributed by atoms with E-state index in [1.54, 1.807) is 21.3 Å². The second kappa shape index (κ2) is 7.72. The summed E-state index contributed by atoms with van der Waals surface area (Å²) in [6, 6.07) is 7.58. The van der Waals surface area contributed by atoms with Gasteiger partial charge in [-0.25, -0.2) is 0 Å². The molecule has 0 bridgehead atoms. The van der Waals surface area contributed by atoms with E-state index in [4.69, 9.17) is 37.8 Å². The SMILES string of the molecule is COc1ccc(-n2c(CSP(=S)(OC)OC)n[nH]c2=S)cc1. The van der Waals surface area contributed by atoms with Crippen LogP contribution in [0.3, 0.4) is 0 Å². The molecule has 6 nitrogen and oxygen atoms in total. The number of nitrogens with one attached hydrogen (secondary N) is 1. The van der Waals surface area contributed by atoms with Crippen molar-refractivity contribution in [3.05, 3.63) is 34.9 Å². The molecule has 0 aliphatic carbocycles. The van der Waals surface area contributed by atoms with Crippen molar-refractivity contribution in [3.63, 3.8) is 0 Å². The van der Waals surface area contributed by atoms with Gasteiger partial charge in [-0.15, -0.1) is 0 Å². The Morgan fingerprint density at radius 2 is 1.86 bits per heavy atom. The van der Waals surface area contributed by atoms with E-state index >= 15 is 0 Å². The molecule has 0 amide bonds. The number of aromatic amines is 1. The van der Waals surface area contributed by atoms with E-state index in [0.29, 0.717) is 10.5 Å². The fraction of sp³-hybridized carbons (Fsp3) is 0.333. The molecule has 2 rings (SSSR count). The normalized spacial score (nSPS) is 11.6. The van der Waals surface area contributed by atoms with Crippen LogP contribution >= 0.6 is 29.3 Å². The molecule has 0 atom stereocenters. The number of hydrogen-bond acceptors (Lipinski definition) is 7. The first kappa shape index (κ1) is 17.7. The van der Waals surface area contributed by atoms with E-state index in [0.717, 1.165) is 17.3 Å². The molecule has 0 aliphatic rings. The van der Waals surface area contributed by atoms with Gasteiger partial charge in [-0.1, -0.05) is 11.4 Å². The summed E-state index contributed by atoms with van der Waals surface area (Å²) in [5.74, 6) is 2.06. The van der Waals surface area contributed by atoms with Crippen molar-refractivity contribution >= 4 is 41.1 Å². The van der Waals surface area contributed by atoms with Gasteiger partial charge in [0.15, 0.2) is 4.77 Å². The molecule has 0 fully saturated rings. The number of H-pyrrole nitrogens is 1. The highest BCUT2D eigenvalue weighted by atomic mass is 32.9. The first-order chi connectivity index (χ1) is 10.5. The van der Waals surface area contributed by atoms with Crippen molar-refractivity contribution in [1.82, 2.24) is 14.8 Å². The van der Waals surface area contributed by atoms with Gasteiger partial charge in [0.25, 0.3) is 0 Å². The number of rotatable bonds is 7. The Balaban J connectivity index is 2.28. The van der Waals surface area contributed by atoms with Crippen molar-refractivity contribution in [2.45, 2.75) is 5.75 Å². The highest BCUT2D eigenvalue weighted by Gasteiger charge is 2.19. The van der Waals surface area contributed by atoms with Crippen LogP contribution in [0.15, 0.2) is 24.3 Å². The fourth-order valence-corrected chi connectivity index (χ4v) is 4.75. The Bertz CT molecular complexity index is 721. The summed E-state index contributed by atoms with van der Waals surface area (Å²) in [5, 5.41) is 7.06. The quantitative estimate of drug-likeness (QED) is 0.583. The van der Waals surface area contributed by atoms with Gasteiger partial charge in [0.05, 0.1) is 12.9 Å². The topological polar surface area (TPSA) is 61.3 Å². The van der Waals surface area contributed by atoms with Gasteiger partial charge in [0.2, 0.25) is 5.69 Å². The smallest absolute Gasteiger partial charge is 0.247 e. The number of benzene rings is 1. The van der Waals surface area contributed by atoms with E-state index < -0.39 is 5.69 Å². The van der Waals surface area contributed by atoms with Gasteiger partial charge in [-0.05, 0) is 48.3 Å². The maximum Gasteiger partial charge on any atom is 0.247 e. The highest BCUT2D eigenvalue weighted by molar-refractivity contribution is 8.67. The summed E-state index contributed by atoms with van der Waals surface area (Å²) in [6.45, 7) is 0. The predicted octanol–water partition coefficient (Wildman–Crippen LogP) is 3.69. The summed E-state index contributed by atoms with van der Waals surface area (Å²) in [7, 11) is 4.73. The van der Waals surface area contributed by atoms with E-state index in [-0.39, 0.29) is 0 Å². The molecular weight excluding hydrogens is 361 g/mol. The second-order valence-electron chi connectivity index (χ2n) is 4.06. The molecule has 1 aromatic heterocycles. The predicted molar refractivity (Wildman–Crippen MR) is 94.9 cm³/mol. The minimum absolute atomic E-state index is 0.518. The average Bonchev–Trinajstić information content (AvgIpc) is 2.93. The van der Waals surface area contributed by atoms with Crippen LogP contribution in [-0.2, 0) is 26.6 Å². The minimum Gasteiger partial charge on any atom is -0.497 e. The summed E-state index contributed by atoms with van der Waals surface area (Å²) in [5.41, 5.74) is -1.43. The van der Waals surface area contributed by atoms with Crippen molar-refractivity contribution in [1.29, 1.82) is 0 Å². The molecule has 0 spiro atoms. The van der Waals surface area contributed by atoms with E-state index in [1.807, 2.05) is 28.8 Å². The van der Waals surface area contributed by atoms with Gasteiger partial charge < -0.3 is 13.8 Å². The third kappa shape index (κ3) is 3.98. The second-order valence-corrected chi connectivity index (χ2v) is 11.0. The van der Waals surface area contributed by atoms with Crippen LogP contribution in [0.5, 0.6) is 5.75 Å². The van der Waals surface area contributed by atoms with Gasteiger partial charge in [-0.3, -0.25) is 9.67 Å². The van der Waals surface area contributed by atoms with E-state index in [1.165, 1.54) is 11.4 Å². The molecular formula is C12H16N3O3PS3. The first-order valence-corrected chi connectivity index (χ1v) is 10.8. The lowest BCUT2D eigenvalue weighted by Gasteiger charge is -2.16. The van der Waals surface area contributed by atoms with E-state index in [2.05, 4.69) is 10.2 Å². The van der Waals surface area contributed by atoms with Crippen LogP contribution in [0.2, 0.25) is 0 Å². The average molecular weight is 377 g/mol. The van der Waals surface area contributed by atoms with Crippen molar-refractivity contribution < 1.29 is 13.8 Å². The third-order valence-electron chi connectivity index (χ3n) is 2.87. The number of hydrogen-bond donors (Lipinski definition) is 1. The lowest BCUT2D eigenvalue weighted by atomic mass is 10.3. The summed E-state index contributed by atoms with van der Waals surface area (Å²) >= 11 is 12.1. The molecule has 1 aromatic carbocycles. The Labute approximate surface area is 143 Å². The summed E-state index contributed by atoms with van der Waals surface area (Å²) < 4.78 is 18.1. The lowest BCUT2D eigenvalue weighted by Crippen LogP contribution is -2.00. The van der Waals surface area contributed by atoms with Crippen LogP contribution < -0.4 is 4.74 Å². The first-order valence-electron chi connectivity index (χ1n) is 6.19. The zero-order chi connectivity index (χ0) is 16.2. The molecule has 2 aromatic rings. The van der Waals surface area contributed by atoms with Gasteiger partial charge in [-0.2, -0.15) is 5.10 Å². The van der Waals surface area contributed by atoms with Crippen LogP contribution in [0.4, 0.5) is 0 Å². The van der Waals surface area contributed by atoms with Crippen molar-refractivity contribution in [2.75, 3.05) is 21.3 Å². The zero-order valence-electron chi connectivity index (χ0n) is 12.3.